The first-order valence-corrected chi connectivity index (χ1v) is 7.32. The van der Waals surface area contributed by atoms with E-state index in [1.807, 2.05) is 12.1 Å². The number of carbonyl (C=O) groups is 1. The van der Waals surface area contributed by atoms with Gasteiger partial charge in [0.25, 0.3) is 11.6 Å². The summed E-state index contributed by atoms with van der Waals surface area (Å²) in [5.41, 5.74) is 0.417. The Labute approximate surface area is 128 Å². The van der Waals surface area contributed by atoms with Gasteiger partial charge in [-0.15, -0.1) is 11.3 Å². The minimum atomic E-state index is -0.485. The normalized spacial score (nSPS) is 10.3. The fraction of sp³-hybridized carbons (Fsp3) is 0.154. The second kappa shape index (κ2) is 6.15. The molecule has 1 aromatic carbocycles. The van der Waals surface area contributed by atoms with Gasteiger partial charge in [0, 0.05) is 29.6 Å². The summed E-state index contributed by atoms with van der Waals surface area (Å²) in [5.74, 6) is -0.163. The third-order valence-electron chi connectivity index (χ3n) is 2.69. The average Bonchev–Trinajstić information content (AvgIpc) is 2.83. The molecule has 0 radical (unpaired) electrons. The molecule has 0 atom stereocenters. The van der Waals surface area contributed by atoms with Crippen LogP contribution in [0.1, 0.15) is 15.2 Å². The maximum absolute atomic E-state index is 12.2. The van der Waals surface area contributed by atoms with Crippen molar-refractivity contribution in [2.75, 3.05) is 7.05 Å². The maximum atomic E-state index is 12.2. The molecule has 2 aromatic rings. The second-order valence-electron chi connectivity index (χ2n) is 4.17. The van der Waals surface area contributed by atoms with Gasteiger partial charge < -0.3 is 4.90 Å². The molecule has 5 nitrogen and oxygen atoms in total. The molecule has 0 aliphatic carbocycles. The number of hydrogen-bond donors (Lipinski definition) is 0. The van der Waals surface area contributed by atoms with Gasteiger partial charge in [-0.2, -0.15) is 0 Å². The molecule has 1 aromatic heterocycles. The molecule has 2 rings (SSSR count). The SMILES string of the molecule is CN(Cc1ccc(Br)s1)C(=O)c1ccc([N+](=O)[O-])cc1. The Morgan fingerprint density at radius 3 is 2.45 bits per heavy atom. The lowest BCUT2D eigenvalue weighted by Crippen LogP contribution is -2.25. The van der Waals surface area contributed by atoms with Gasteiger partial charge in [-0.1, -0.05) is 0 Å². The first kappa shape index (κ1) is 14.7. The van der Waals surface area contributed by atoms with E-state index < -0.39 is 4.92 Å². The van der Waals surface area contributed by atoms with Crippen LogP contribution in [0.15, 0.2) is 40.2 Å². The summed E-state index contributed by atoms with van der Waals surface area (Å²) in [6.07, 6.45) is 0. The topological polar surface area (TPSA) is 63.5 Å². The van der Waals surface area contributed by atoms with Gasteiger partial charge in [-0.3, -0.25) is 14.9 Å². The minimum Gasteiger partial charge on any atom is -0.337 e. The number of non-ortho nitro benzene ring substituents is 1. The first-order valence-electron chi connectivity index (χ1n) is 5.71. The molecule has 0 saturated heterocycles. The Morgan fingerprint density at radius 2 is 1.95 bits per heavy atom. The lowest BCUT2D eigenvalue weighted by molar-refractivity contribution is -0.384. The van der Waals surface area contributed by atoms with E-state index in [2.05, 4.69) is 15.9 Å². The van der Waals surface area contributed by atoms with E-state index >= 15 is 0 Å². The number of nitro groups is 1. The minimum absolute atomic E-state index is 0.0219. The van der Waals surface area contributed by atoms with Crippen molar-refractivity contribution in [2.45, 2.75) is 6.54 Å². The van der Waals surface area contributed by atoms with Gasteiger partial charge in [0.05, 0.1) is 15.3 Å². The first-order chi connectivity index (χ1) is 9.47. The van der Waals surface area contributed by atoms with Crippen molar-refractivity contribution in [3.8, 4) is 0 Å². The highest BCUT2D eigenvalue weighted by atomic mass is 79.9. The van der Waals surface area contributed by atoms with E-state index in [0.29, 0.717) is 12.1 Å². The van der Waals surface area contributed by atoms with E-state index in [1.54, 1.807) is 23.3 Å². The van der Waals surface area contributed by atoms with Crippen LogP contribution in [0.2, 0.25) is 0 Å². The number of rotatable bonds is 4. The van der Waals surface area contributed by atoms with Gasteiger partial charge in [0.1, 0.15) is 0 Å². The summed E-state index contributed by atoms with van der Waals surface area (Å²) in [5, 5.41) is 10.6. The van der Waals surface area contributed by atoms with Crippen molar-refractivity contribution in [3.05, 3.63) is 60.7 Å². The van der Waals surface area contributed by atoms with Crippen LogP contribution < -0.4 is 0 Å². The van der Waals surface area contributed by atoms with Crippen molar-refractivity contribution in [2.24, 2.45) is 0 Å². The Kier molecular flexibility index (Phi) is 4.51. The van der Waals surface area contributed by atoms with Gasteiger partial charge in [-0.05, 0) is 40.2 Å². The third-order valence-corrected chi connectivity index (χ3v) is 4.30. The van der Waals surface area contributed by atoms with Crippen LogP contribution in [0.3, 0.4) is 0 Å². The number of amides is 1. The van der Waals surface area contributed by atoms with Crippen LogP contribution >= 0.6 is 27.3 Å². The molecule has 0 spiro atoms. The Bertz CT molecular complexity index is 639. The van der Waals surface area contributed by atoms with E-state index in [9.17, 15) is 14.9 Å². The van der Waals surface area contributed by atoms with Crippen LogP contribution in [0.25, 0.3) is 0 Å². The molecule has 1 amide bonds. The fourth-order valence-electron chi connectivity index (χ4n) is 1.69. The van der Waals surface area contributed by atoms with Gasteiger partial charge >= 0.3 is 0 Å². The zero-order valence-electron chi connectivity index (χ0n) is 10.6. The number of nitro benzene ring substituents is 1. The third kappa shape index (κ3) is 3.43. The number of nitrogens with zero attached hydrogens (tertiary/aromatic N) is 2. The molecule has 0 unspecified atom stereocenters. The number of benzene rings is 1. The summed E-state index contributed by atoms with van der Waals surface area (Å²) in [6, 6.07) is 9.51. The monoisotopic (exact) mass is 354 g/mol. The standard InChI is InChI=1S/C13H11BrN2O3S/c1-15(8-11-6-7-12(14)20-11)13(17)9-2-4-10(5-3-9)16(18)19/h2-7H,8H2,1H3. The van der Waals surface area contributed by atoms with E-state index in [4.69, 9.17) is 0 Å². The highest BCUT2D eigenvalue weighted by Crippen LogP contribution is 2.23. The molecule has 0 N–H and O–H groups in total. The molecular weight excluding hydrogens is 344 g/mol. The van der Waals surface area contributed by atoms with Crippen LogP contribution in [0, 0.1) is 10.1 Å². The number of halogens is 1. The van der Waals surface area contributed by atoms with E-state index in [0.717, 1.165) is 8.66 Å². The second-order valence-corrected chi connectivity index (χ2v) is 6.72. The zero-order valence-corrected chi connectivity index (χ0v) is 13.0. The predicted octanol–water partition coefficient (Wildman–Crippen LogP) is 3.69. The highest BCUT2D eigenvalue weighted by molar-refractivity contribution is 9.11. The summed E-state index contributed by atoms with van der Waals surface area (Å²) in [4.78, 5) is 24.9. The molecule has 0 aliphatic heterocycles. The predicted molar refractivity (Wildman–Crippen MR) is 80.9 cm³/mol. The summed E-state index contributed by atoms with van der Waals surface area (Å²) >= 11 is 4.95. The van der Waals surface area contributed by atoms with Crippen LogP contribution in [-0.2, 0) is 6.54 Å². The van der Waals surface area contributed by atoms with Crippen LogP contribution in [0.4, 0.5) is 5.69 Å². The van der Waals surface area contributed by atoms with Crippen molar-refractivity contribution in [3.63, 3.8) is 0 Å². The molecule has 0 bridgehead atoms. The van der Waals surface area contributed by atoms with Gasteiger partial charge in [0.2, 0.25) is 0 Å². The van der Waals surface area contributed by atoms with Gasteiger partial charge in [0.15, 0.2) is 0 Å². The summed E-state index contributed by atoms with van der Waals surface area (Å²) in [7, 11) is 1.71. The molecule has 20 heavy (non-hydrogen) atoms. The molecule has 0 aliphatic rings. The Hall–Kier alpha value is -1.73. The molecule has 104 valence electrons. The maximum Gasteiger partial charge on any atom is 0.269 e. The van der Waals surface area contributed by atoms with Crippen LogP contribution in [0.5, 0.6) is 0 Å². The lowest BCUT2D eigenvalue weighted by Gasteiger charge is -2.16. The van der Waals surface area contributed by atoms with Crippen molar-refractivity contribution in [1.82, 2.24) is 4.90 Å². The molecular formula is C13H11BrN2O3S. The molecule has 1 heterocycles. The van der Waals surface area contributed by atoms with Gasteiger partial charge in [-0.25, -0.2) is 0 Å². The fourth-order valence-corrected chi connectivity index (χ4v) is 3.23. The Balaban J connectivity index is 2.08. The van der Waals surface area contributed by atoms with Crippen molar-refractivity contribution >= 4 is 38.9 Å². The average molecular weight is 355 g/mol. The summed E-state index contributed by atoms with van der Waals surface area (Å²) < 4.78 is 1.02. The van der Waals surface area contributed by atoms with Crippen LogP contribution in [-0.4, -0.2) is 22.8 Å². The molecule has 0 fully saturated rings. The lowest BCUT2D eigenvalue weighted by atomic mass is 10.2. The summed E-state index contributed by atoms with van der Waals surface area (Å²) in [6.45, 7) is 0.506. The van der Waals surface area contributed by atoms with E-state index in [-0.39, 0.29) is 11.6 Å². The van der Waals surface area contributed by atoms with E-state index in [1.165, 1.54) is 24.3 Å². The zero-order chi connectivity index (χ0) is 14.7. The van der Waals surface area contributed by atoms with Crippen molar-refractivity contribution in [1.29, 1.82) is 0 Å². The van der Waals surface area contributed by atoms with Crippen molar-refractivity contribution < 1.29 is 9.72 Å². The smallest absolute Gasteiger partial charge is 0.269 e. The largest absolute Gasteiger partial charge is 0.337 e. The molecule has 0 saturated carbocycles. The number of thiophene rings is 1. The Morgan fingerprint density at radius 1 is 1.30 bits per heavy atom. The molecule has 7 heteroatoms. The number of hydrogen-bond acceptors (Lipinski definition) is 4. The number of carbonyl (C=O) groups excluding carboxylic acids is 1. The quantitative estimate of drug-likeness (QED) is 0.621. The highest BCUT2D eigenvalue weighted by Gasteiger charge is 2.14.